The fourth-order valence-electron chi connectivity index (χ4n) is 5.34. The second-order valence-corrected chi connectivity index (χ2v) is 9.36. The summed E-state index contributed by atoms with van der Waals surface area (Å²) in [6, 6.07) is 17.5. The lowest BCUT2D eigenvalue weighted by Gasteiger charge is -2.13. The highest BCUT2D eigenvalue weighted by atomic mass is 15.3. The number of benzene rings is 2. The Morgan fingerprint density at radius 1 is 0.818 bits per heavy atom. The van der Waals surface area contributed by atoms with Crippen LogP contribution in [-0.4, -0.2) is 19.2 Å². The van der Waals surface area contributed by atoms with E-state index in [-0.39, 0.29) is 0 Å². The van der Waals surface area contributed by atoms with E-state index in [9.17, 15) is 0 Å². The first kappa shape index (κ1) is 21.4. The minimum Gasteiger partial charge on any atom is -0.325 e. The van der Waals surface area contributed by atoms with E-state index in [1.165, 1.54) is 38.9 Å². The number of fused-ring (bicyclic) bond motifs is 3. The Hall–Kier alpha value is -3.40. The van der Waals surface area contributed by atoms with Crippen molar-refractivity contribution in [3.63, 3.8) is 0 Å². The molecule has 0 fully saturated rings. The minimum atomic E-state index is 0.828. The summed E-state index contributed by atoms with van der Waals surface area (Å²) < 4.78 is 4.54. The molecule has 4 heteroatoms. The monoisotopic (exact) mass is 436 g/mol. The lowest BCUT2D eigenvalue weighted by atomic mass is 9.94. The predicted octanol–water partition coefficient (Wildman–Crippen LogP) is 6.89. The van der Waals surface area contributed by atoms with E-state index in [0.29, 0.717) is 0 Å². The van der Waals surface area contributed by atoms with E-state index < -0.39 is 0 Å². The molecule has 4 nitrogen and oxygen atoms in total. The summed E-state index contributed by atoms with van der Waals surface area (Å²) in [5.74, 6) is 0. The first-order valence-corrected chi connectivity index (χ1v) is 11.9. The molecular weight excluding hydrogens is 404 g/mol. The van der Waals surface area contributed by atoms with Crippen LogP contribution in [0.4, 0.5) is 0 Å². The van der Waals surface area contributed by atoms with Crippen molar-refractivity contribution in [1.29, 1.82) is 0 Å². The van der Waals surface area contributed by atoms with Gasteiger partial charge in [0.05, 0.1) is 17.0 Å². The minimum absolute atomic E-state index is 0.828. The number of aromatic nitrogens is 4. The zero-order chi connectivity index (χ0) is 23.3. The van der Waals surface area contributed by atoms with Crippen molar-refractivity contribution < 1.29 is 0 Å². The van der Waals surface area contributed by atoms with Gasteiger partial charge >= 0.3 is 0 Å². The second-order valence-electron chi connectivity index (χ2n) is 9.36. The third kappa shape index (κ3) is 3.54. The topological polar surface area (TPSA) is 35.1 Å². The summed E-state index contributed by atoms with van der Waals surface area (Å²) >= 11 is 0. The van der Waals surface area contributed by atoms with Gasteiger partial charge in [0, 0.05) is 17.6 Å². The highest BCUT2D eigenvalue weighted by molar-refractivity contribution is 5.90. The van der Waals surface area contributed by atoms with Crippen molar-refractivity contribution in [3.05, 3.63) is 87.9 Å². The van der Waals surface area contributed by atoms with Crippen LogP contribution >= 0.6 is 0 Å². The SMILES string of the molecule is CCCc1cc2c(C)nc3c(-c4c(C)cc(C)cc4C)c(C)nn3c2n1Cc1ccccc1. The molecule has 0 saturated carbocycles. The van der Waals surface area contributed by atoms with E-state index in [4.69, 9.17) is 10.1 Å². The lowest BCUT2D eigenvalue weighted by molar-refractivity contribution is 0.727. The summed E-state index contributed by atoms with van der Waals surface area (Å²) in [6.07, 6.45) is 2.14. The number of hydrogen-bond acceptors (Lipinski definition) is 2. The third-order valence-electron chi connectivity index (χ3n) is 6.67. The van der Waals surface area contributed by atoms with Crippen LogP contribution in [0, 0.1) is 34.6 Å². The Morgan fingerprint density at radius 2 is 1.52 bits per heavy atom. The Labute approximate surface area is 195 Å². The van der Waals surface area contributed by atoms with Crippen molar-refractivity contribution in [2.75, 3.05) is 0 Å². The number of hydrogen-bond donors (Lipinski definition) is 0. The van der Waals surface area contributed by atoms with Gasteiger partial charge in [-0.15, -0.1) is 0 Å². The van der Waals surface area contributed by atoms with Crippen LogP contribution in [0.2, 0.25) is 0 Å². The summed E-state index contributed by atoms with van der Waals surface area (Å²) in [7, 11) is 0. The van der Waals surface area contributed by atoms with Gasteiger partial charge in [0.25, 0.3) is 0 Å². The average molecular weight is 437 g/mol. The van der Waals surface area contributed by atoms with Gasteiger partial charge in [-0.05, 0) is 69.4 Å². The standard InChI is InChI=1S/C29H32N4/c1-7-11-24-16-25-21(5)30-28-27(26-19(3)14-18(2)15-20(26)4)22(6)31-33(28)29(25)32(24)17-23-12-9-8-10-13-23/h8-10,12-16H,7,11,17H2,1-6H3. The average Bonchev–Trinajstić information content (AvgIpc) is 3.27. The maximum atomic E-state index is 5.11. The van der Waals surface area contributed by atoms with Crippen LogP contribution in [-0.2, 0) is 13.0 Å². The molecule has 0 atom stereocenters. The van der Waals surface area contributed by atoms with Gasteiger partial charge in [-0.2, -0.15) is 9.61 Å². The third-order valence-corrected chi connectivity index (χ3v) is 6.67. The van der Waals surface area contributed by atoms with Gasteiger partial charge in [0.15, 0.2) is 5.65 Å². The van der Waals surface area contributed by atoms with Crippen LogP contribution < -0.4 is 0 Å². The van der Waals surface area contributed by atoms with Crippen molar-refractivity contribution in [2.45, 2.75) is 60.9 Å². The Kier molecular flexibility index (Phi) is 5.32. The van der Waals surface area contributed by atoms with Crippen molar-refractivity contribution in [2.24, 2.45) is 0 Å². The molecule has 0 radical (unpaired) electrons. The highest BCUT2D eigenvalue weighted by Gasteiger charge is 2.22. The summed E-state index contributed by atoms with van der Waals surface area (Å²) in [6.45, 7) is 13.9. The second kappa shape index (κ2) is 8.18. The summed E-state index contributed by atoms with van der Waals surface area (Å²) in [5, 5.41) is 6.26. The van der Waals surface area contributed by atoms with Gasteiger partial charge in [-0.25, -0.2) is 4.98 Å². The van der Waals surface area contributed by atoms with Crippen LogP contribution in [0.25, 0.3) is 27.8 Å². The van der Waals surface area contributed by atoms with Crippen LogP contribution in [0.15, 0.2) is 48.5 Å². The molecule has 0 saturated heterocycles. The molecule has 3 heterocycles. The van der Waals surface area contributed by atoms with Gasteiger partial charge < -0.3 is 4.57 Å². The Morgan fingerprint density at radius 3 is 2.18 bits per heavy atom. The molecule has 0 spiro atoms. The largest absolute Gasteiger partial charge is 0.325 e. The summed E-state index contributed by atoms with van der Waals surface area (Å²) in [5.41, 5.74) is 13.1. The maximum Gasteiger partial charge on any atom is 0.165 e. The molecule has 0 aliphatic heterocycles. The van der Waals surface area contributed by atoms with Crippen molar-refractivity contribution in [3.8, 4) is 11.1 Å². The van der Waals surface area contributed by atoms with E-state index in [1.807, 2.05) is 0 Å². The fraction of sp³-hybridized carbons (Fsp3) is 0.310. The van der Waals surface area contributed by atoms with E-state index in [1.54, 1.807) is 0 Å². The molecule has 3 aromatic heterocycles. The van der Waals surface area contributed by atoms with Gasteiger partial charge in [-0.3, -0.25) is 0 Å². The smallest absolute Gasteiger partial charge is 0.165 e. The molecule has 0 bridgehead atoms. The van der Waals surface area contributed by atoms with Gasteiger partial charge in [0.1, 0.15) is 5.65 Å². The molecule has 168 valence electrons. The molecule has 0 aliphatic carbocycles. The molecular formula is C29H32N4. The molecule has 0 unspecified atom stereocenters. The number of rotatable bonds is 5. The van der Waals surface area contributed by atoms with Crippen LogP contribution in [0.5, 0.6) is 0 Å². The zero-order valence-electron chi connectivity index (χ0n) is 20.5. The van der Waals surface area contributed by atoms with Gasteiger partial charge in [0.2, 0.25) is 0 Å². The zero-order valence-corrected chi connectivity index (χ0v) is 20.5. The van der Waals surface area contributed by atoms with Crippen molar-refractivity contribution >= 4 is 16.7 Å². The molecule has 0 aliphatic rings. The first-order chi connectivity index (χ1) is 15.9. The first-order valence-electron chi connectivity index (χ1n) is 11.9. The fourth-order valence-corrected chi connectivity index (χ4v) is 5.34. The van der Waals surface area contributed by atoms with Crippen LogP contribution in [0.1, 0.15) is 52.7 Å². The molecule has 0 amide bonds. The predicted molar refractivity (Wildman–Crippen MR) is 137 cm³/mol. The lowest BCUT2D eigenvalue weighted by Crippen LogP contribution is -2.08. The summed E-state index contributed by atoms with van der Waals surface area (Å²) in [4.78, 5) is 5.11. The molecule has 33 heavy (non-hydrogen) atoms. The normalized spacial score (nSPS) is 11.7. The molecule has 2 aromatic carbocycles. The number of aryl methyl sites for hydroxylation is 6. The highest BCUT2D eigenvalue weighted by Crippen LogP contribution is 2.36. The van der Waals surface area contributed by atoms with E-state index in [2.05, 4.69) is 99.2 Å². The van der Waals surface area contributed by atoms with Gasteiger partial charge in [-0.1, -0.05) is 61.4 Å². The maximum absolute atomic E-state index is 5.11. The molecule has 0 N–H and O–H groups in total. The molecule has 5 rings (SSSR count). The van der Waals surface area contributed by atoms with E-state index in [0.717, 1.165) is 47.6 Å². The Balaban J connectivity index is 1.84. The van der Waals surface area contributed by atoms with Crippen LogP contribution in [0.3, 0.4) is 0 Å². The van der Waals surface area contributed by atoms with Crippen molar-refractivity contribution in [1.82, 2.24) is 19.2 Å². The number of nitrogens with zero attached hydrogens (tertiary/aromatic N) is 4. The molecule has 5 aromatic rings. The quantitative estimate of drug-likeness (QED) is 0.300. The Bertz CT molecular complexity index is 1460. The van der Waals surface area contributed by atoms with E-state index >= 15 is 0 Å².